The third-order valence-electron chi connectivity index (χ3n) is 4.47. The number of guanidine groups is 1. The van der Waals surface area contributed by atoms with Crippen LogP contribution in [0.1, 0.15) is 39.0 Å². The fraction of sp³-hybridized carbons (Fsp3) is 0.938. The molecule has 0 radical (unpaired) electrons. The molecular formula is C16H32N4O2S. The van der Waals surface area contributed by atoms with E-state index < -0.39 is 9.84 Å². The molecule has 0 aromatic heterocycles. The van der Waals surface area contributed by atoms with Gasteiger partial charge in [0.05, 0.1) is 5.75 Å². The Morgan fingerprint density at radius 3 is 2.52 bits per heavy atom. The maximum absolute atomic E-state index is 11.2. The van der Waals surface area contributed by atoms with Gasteiger partial charge >= 0.3 is 0 Å². The minimum absolute atomic E-state index is 0.0851. The molecule has 0 heterocycles. The summed E-state index contributed by atoms with van der Waals surface area (Å²) in [6.45, 7) is 5.17. The minimum Gasteiger partial charge on any atom is -0.355 e. The molecule has 2 aliphatic rings. The summed E-state index contributed by atoms with van der Waals surface area (Å²) < 4.78 is 22.4. The summed E-state index contributed by atoms with van der Waals surface area (Å²) in [6.07, 6.45) is 7.37. The molecule has 6 nitrogen and oxygen atoms in total. The van der Waals surface area contributed by atoms with Gasteiger partial charge in [0.1, 0.15) is 9.84 Å². The highest BCUT2D eigenvalue weighted by Crippen LogP contribution is 2.34. The number of hydrogen-bond acceptors (Lipinski definition) is 4. The number of sulfone groups is 1. The SMILES string of the molecule is CN=C(NCCN(CC1CC1)C1CC1)NC(C)CCS(C)(=O)=O. The average Bonchev–Trinajstić information content (AvgIpc) is 3.35. The lowest BCUT2D eigenvalue weighted by Crippen LogP contribution is -2.45. The van der Waals surface area contributed by atoms with Crippen molar-refractivity contribution in [2.45, 2.75) is 51.1 Å². The van der Waals surface area contributed by atoms with Crippen molar-refractivity contribution < 1.29 is 8.42 Å². The lowest BCUT2D eigenvalue weighted by Gasteiger charge is -2.23. The molecule has 134 valence electrons. The Morgan fingerprint density at radius 1 is 1.30 bits per heavy atom. The van der Waals surface area contributed by atoms with Gasteiger partial charge in [0.25, 0.3) is 0 Å². The molecule has 1 unspecified atom stereocenters. The molecule has 2 rings (SSSR count). The molecule has 0 aliphatic heterocycles. The standard InChI is InChI=1S/C16H32N4O2S/c1-13(8-11-23(3,21)22)19-16(17-2)18-9-10-20(15-6-7-15)12-14-4-5-14/h13-15H,4-12H2,1-3H3,(H2,17,18,19). The zero-order valence-electron chi connectivity index (χ0n) is 14.7. The van der Waals surface area contributed by atoms with Crippen LogP contribution in [-0.2, 0) is 9.84 Å². The average molecular weight is 345 g/mol. The number of nitrogens with one attached hydrogen (secondary N) is 2. The summed E-state index contributed by atoms with van der Waals surface area (Å²) in [5.41, 5.74) is 0. The maximum Gasteiger partial charge on any atom is 0.191 e. The van der Waals surface area contributed by atoms with E-state index in [1.165, 1.54) is 38.5 Å². The van der Waals surface area contributed by atoms with E-state index in [0.29, 0.717) is 6.42 Å². The highest BCUT2D eigenvalue weighted by atomic mass is 32.2. The van der Waals surface area contributed by atoms with Gasteiger partial charge in [0.15, 0.2) is 5.96 Å². The largest absolute Gasteiger partial charge is 0.355 e. The van der Waals surface area contributed by atoms with E-state index in [4.69, 9.17) is 0 Å². The van der Waals surface area contributed by atoms with Crippen LogP contribution in [0.3, 0.4) is 0 Å². The first-order valence-corrected chi connectivity index (χ1v) is 10.8. The van der Waals surface area contributed by atoms with Crippen molar-refractivity contribution in [1.82, 2.24) is 15.5 Å². The molecule has 0 aromatic carbocycles. The van der Waals surface area contributed by atoms with Crippen LogP contribution in [0.2, 0.25) is 0 Å². The molecule has 23 heavy (non-hydrogen) atoms. The van der Waals surface area contributed by atoms with Crippen molar-refractivity contribution in [3.8, 4) is 0 Å². The van der Waals surface area contributed by atoms with Crippen LogP contribution in [-0.4, -0.2) is 70.1 Å². The lowest BCUT2D eigenvalue weighted by molar-refractivity contribution is 0.256. The zero-order valence-corrected chi connectivity index (χ0v) is 15.5. The Balaban J connectivity index is 1.65. The van der Waals surface area contributed by atoms with Crippen LogP contribution in [0.25, 0.3) is 0 Å². The van der Waals surface area contributed by atoms with Crippen molar-refractivity contribution in [3.05, 3.63) is 0 Å². The molecule has 2 saturated carbocycles. The maximum atomic E-state index is 11.2. The van der Waals surface area contributed by atoms with E-state index in [1.807, 2.05) is 6.92 Å². The van der Waals surface area contributed by atoms with Crippen LogP contribution >= 0.6 is 0 Å². The van der Waals surface area contributed by atoms with Crippen molar-refractivity contribution in [2.75, 3.05) is 38.7 Å². The molecule has 0 aromatic rings. The predicted molar refractivity (Wildman–Crippen MR) is 95.6 cm³/mol. The Morgan fingerprint density at radius 2 is 2.00 bits per heavy atom. The summed E-state index contributed by atoms with van der Waals surface area (Å²) in [4.78, 5) is 6.85. The van der Waals surface area contributed by atoms with E-state index in [2.05, 4.69) is 20.5 Å². The van der Waals surface area contributed by atoms with E-state index in [1.54, 1.807) is 7.05 Å². The quantitative estimate of drug-likeness (QED) is 0.454. The second-order valence-corrected chi connectivity index (χ2v) is 9.39. The van der Waals surface area contributed by atoms with Gasteiger partial charge in [-0.15, -0.1) is 0 Å². The number of rotatable bonds is 10. The van der Waals surface area contributed by atoms with Gasteiger partial charge < -0.3 is 10.6 Å². The Labute approximate surface area is 141 Å². The summed E-state index contributed by atoms with van der Waals surface area (Å²) in [6, 6.07) is 0.892. The second kappa shape index (κ2) is 8.33. The summed E-state index contributed by atoms with van der Waals surface area (Å²) in [7, 11) is -1.15. The van der Waals surface area contributed by atoms with Crippen molar-refractivity contribution in [2.24, 2.45) is 10.9 Å². The third kappa shape index (κ3) is 8.01. The summed E-state index contributed by atoms with van der Waals surface area (Å²) in [5, 5.41) is 6.62. The lowest BCUT2D eigenvalue weighted by atomic mass is 10.3. The molecule has 2 N–H and O–H groups in total. The van der Waals surface area contributed by atoms with Gasteiger partial charge in [-0.2, -0.15) is 0 Å². The van der Waals surface area contributed by atoms with Crippen LogP contribution in [0.5, 0.6) is 0 Å². The van der Waals surface area contributed by atoms with E-state index in [0.717, 1.165) is 31.0 Å². The van der Waals surface area contributed by atoms with Crippen LogP contribution in [0.15, 0.2) is 4.99 Å². The van der Waals surface area contributed by atoms with Crippen molar-refractivity contribution in [1.29, 1.82) is 0 Å². The molecular weight excluding hydrogens is 312 g/mol. The smallest absolute Gasteiger partial charge is 0.191 e. The highest BCUT2D eigenvalue weighted by Gasteiger charge is 2.33. The zero-order chi connectivity index (χ0) is 16.9. The van der Waals surface area contributed by atoms with Gasteiger partial charge in [-0.05, 0) is 44.9 Å². The first kappa shape index (κ1) is 18.5. The Kier molecular flexibility index (Phi) is 6.71. The molecule has 0 spiro atoms. The molecule has 1 atom stereocenters. The fourth-order valence-corrected chi connectivity index (χ4v) is 3.49. The third-order valence-corrected chi connectivity index (χ3v) is 5.45. The number of aliphatic imine (C=N–C) groups is 1. The van der Waals surface area contributed by atoms with Gasteiger partial charge in [0, 0.05) is 45.0 Å². The normalized spacial score (nSPS) is 20.6. The number of nitrogens with zero attached hydrogens (tertiary/aromatic N) is 2. The van der Waals surface area contributed by atoms with Gasteiger partial charge in [-0.25, -0.2) is 8.42 Å². The Bertz CT molecular complexity index is 498. The minimum atomic E-state index is -2.91. The first-order chi connectivity index (χ1) is 10.9. The second-order valence-electron chi connectivity index (χ2n) is 7.13. The summed E-state index contributed by atoms with van der Waals surface area (Å²) in [5.74, 6) is 1.90. The first-order valence-electron chi connectivity index (χ1n) is 8.76. The van der Waals surface area contributed by atoms with Crippen LogP contribution in [0.4, 0.5) is 0 Å². The summed E-state index contributed by atoms with van der Waals surface area (Å²) >= 11 is 0. The fourth-order valence-electron chi connectivity index (χ4n) is 2.70. The predicted octanol–water partition coefficient (Wildman–Crippen LogP) is 0.849. The monoisotopic (exact) mass is 344 g/mol. The van der Waals surface area contributed by atoms with Crippen molar-refractivity contribution >= 4 is 15.8 Å². The Hall–Kier alpha value is -0.820. The molecule has 0 saturated heterocycles. The van der Waals surface area contributed by atoms with E-state index in [9.17, 15) is 8.42 Å². The van der Waals surface area contributed by atoms with Gasteiger partial charge in [-0.1, -0.05) is 0 Å². The molecule has 0 amide bonds. The van der Waals surface area contributed by atoms with Gasteiger partial charge in [-0.3, -0.25) is 9.89 Å². The highest BCUT2D eigenvalue weighted by molar-refractivity contribution is 7.90. The van der Waals surface area contributed by atoms with Crippen LogP contribution < -0.4 is 10.6 Å². The van der Waals surface area contributed by atoms with Crippen LogP contribution in [0, 0.1) is 5.92 Å². The van der Waals surface area contributed by atoms with Crippen molar-refractivity contribution in [3.63, 3.8) is 0 Å². The molecule has 2 fully saturated rings. The number of hydrogen-bond donors (Lipinski definition) is 2. The topological polar surface area (TPSA) is 73.8 Å². The molecule has 2 aliphatic carbocycles. The van der Waals surface area contributed by atoms with E-state index in [-0.39, 0.29) is 11.8 Å². The van der Waals surface area contributed by atoms with E-state index >= 15 is 0 Å². The molecule has 7 heteroatoms. The molecule has 0 bridgehead atoms. The van der Waals surface area contributed by atoms with Gasteiger partial charge in [0.2, 0.25) is 0 Å².